The molecule has 4 aromatic rings. The van der Waals surface area contributed by atoms with Crippen molar-refractivity contribution in [3.8, 4) is 34.1 Å². The third kappa shape index (κ3) is 4.96. The second kappa shape index (κ2) is 9.35. The molecule has 1 aliphatic heterocycles. The first-order valence-electron chi connectivity index (χ1n) is 11.4. The second-order valence-corrected chi connectivity index (χ2v) is 8.65. The lowest BCUT2D eigenvalue weighted by Gasteiger charge is -2.23. The molecule has 5 nitrogen and oxygen atoms in total. The van der Waals surface area contributed by atoms with E-state index in [0.29, 0.717) is 28.4 Å². The zero-order valence-corrected chi connectivity index (χ0v) is 18.8. The van der Waals surface area contributed by atoms with Crippen molar-refractivity contribution in [1.82, 2.24) is 20.3 Å². The van der Waals surface area contributed by atoms with Crippen molar-refractivity contribution >= 4 is 0 Å². The van der Waals surface area contributed by atoms with E-state index in [1.54, 1.807) is 12.3 Å². The van der Waals surface area contributed by atoms with Crippen LogP contribution in [0.2, 0.25) is 0 Å². The fourth-order valence-electron chi connectivity index (χ4n) is 4.43. The molecule has 0 atom stereocenters. The van der Waals surface area contributed by atoms with Gasteiger partial charge in [-0.25, -0.2) is 4.68 Å². The van der Waals surface area contributed by atoms with Gasteiger partial charge in [0.2, 0.25) is 0 Å². The Kier molecular flexibility index (Phi) is 6.10. The molecule has 0 saturated carbocycles. The van der Waals surface area contributed by atoms with Crippen LogP contribution in [0.4, 0.5) is 13.2 Å². The maximum Gasteiger partial charge on any atom is 0.416 e. The van der Waals surface area contributed by atoms with Gasteiger partial charge in [0.1, 0.15) is 5.69 Å². The SMILES string of the molecule is N#Cc1cc(-c2ccc(C3CCNCC3)cc2)cc(-n2cc(-c3ccc(C(F)(F)F)cc3)nn2)c1. The number of alkyl halides is 3. The van der Waals surface area contributed by atoms with Gasteiger partial charge in [0.05, 0.1) is 29.1 Å². The summed E-state index contributed by atoms with van der Waals surface area (Å²) < 4.78 is 40.1. The molecule has 1 aromatic heterocycles. The average molecular weight is 474 g/mol. The summed E-state index contributed by atoms with van der Waals surface area (Å²) in [4.78, 5) is 0. The van der Waals surface area contributed by atoms with Gasteiger partial charge in [-0.3, -0.25) is 0 Å². The lowest BCUT2D eigenvalue weighted by atomic mass is 9.89. The molecule has 0 unspecified atom stereocenters. The van der Waals surface area contributed by atoms with E-state index in [4.69, 9.17) is 0 Å². The summed E-state index contributed by atoms with van der Waals surface area (Å²) in [5.74, 6) is 0.560. The maximum absolute atomic E-state index is 12.9. The van der Waals surface area contributed by atoms with Gasteiger partial charge in [0, 0.05) is 5.56 Å². The summed E-state index contributed by atoms with van der Waals surface area (Å²) in [6, 6.07) is 20.9. The largest absolute Gasteiger partial charge is 0.416 e. The molecule has 3 aromatic carbocycles. The predicted octanol–water partition coefficient (Wildman–Crippen LogP) is 5.96. The van der Waals surface area contributed by atoms with Crippen molar-refractivity contribution in [2.45, 2.75) is 24.9 Å². The highest BCUT2D eigenvalue weighted by Gasteiger charge is 2.30. The third-order valence-corrected chi connectivity index (χ3v) is 6.37. The molecule has 0 aliphatic carbocycles. The quantitative estimate of drug-likeness (QED) is 0.397. The van der Waals surface area contributed by atoms with E-state index in [0.717, 1.165) is 49.2 Å². The number of rotatable bonds is 4. The van der Waals surface area contributed by atoms with Crippen LogP contribution in [-0.2, 0) is 6.18 Å². The maximum atomic E-state index is 12.9. The molecule has 1 saturated heterocycles. The Hall–Kier alpha value is -3.96. The number of hydrogen-bond donors (Lipinski definition) is 1. The smallest absolute Gasteiger partial charge is 0.317 e. The second-order valence-electron chi connectivity index (χ2n) is 8.65. The van der Waals surface area contributed by atoms with Gasteiger partial charge in [-0.05, 0) is 78.9 Å². The van der Waals surface area contributed by atoms with Crippen molar-refractivity contribution in [2.24, 2.45) is 0 Å². The van der Waals surface area contributed by atoms with Crippen LogP contribution in [0, 0.1) is 11.3 Å². The molecule has 176 valence electrons. The summed E-state index contributed by atoms with van der Waals surface area (Å²) in [5, 5.41) is 21.2. The van der Waals surface area contributed by atoms with Gasteiger partial charge in [-0.1, -0.05) is 41.6 Å². The van der Waals surface area contributed by atoms with Crippen LogP contribution in [0.5, 0.6) is 0 Å². The van der Waals surface area contributed by atoms with Crippen LogP contribution in [0.1, 0.15) is 35.4 Å². The van der Waals surface area contributed by atoms with Crippen LogP contribution in [0.3, 0.4) is 0 Å². The van der Waals surface area contributed by atoms with Crippen molar-refractivity contribution in [2.75, 3.05) is 13.1 Å². The summed E-state index contributed by atoms with van der Waals surface area (Å²) in [6.07, 6.45) is -0.499. The Morgan fingerprint density at radius 1 is 0.886 bits per heavy atom. The average Bonchev–Trinajstić information content (AvgIpc) is 3.39. The fourth-order valence-corrected chi connectivity index (χ4v) is 4.43. The monoisotopic (exact) mass is 473 g/mol. The zero-order chi connectivity index (χ0) is 24.4. The minimum atomic E-state index is -4.39. The first-order chi connectivity index (χ1) is 16.9. The number of hydrogen-bond acceptors (Lipinski definition) is 4. The minimum Gasteiger partial charge on any atom is -0.317 e. The van der Waals surface area contributed by atoms with Gasteiger partial charge in [-0.2, -0.15) is 18.4 Å². The fraction of sp³-hybridized carbons (Fsp3) is 0.222. The molecule has 1 N–H and O–H groups in total. The van der Waals surface area contributed by atoms with E-state index in [1.807, 2.05) is 12.1 Å². The highest BCUT2D eigenvalue weighted by atomic mass is 19.4. The lowest BCUT2D eigenvalue weighted by molar-refractivity contribution is -0.137. The molecular weight excluding hydrogens is 451 g/mol. The van der Waals surface area contributed by atoms with Gasteiger partial charge in [0.15, 0.2) is 0 Å². The Balaban J connectivity index is 1.43. The molecule has 0 radical (unpaired) electrons. The van der Waals surface area contributed by atoms with Crippen LogP contribution in [0.15, 0.2) is 72.9 Å². The molecule has 5 rings (SSSR count). The van der Waals surface area contributed by atoms with Gasteiger partial charge < -0.3 is 5.32 Å². The molecule has 2 heterocycles. The number of halogens is 3. The highest BCUT2D eigenvalue weighted by Crippen LogP contribution is 2.32. The highest BCUT2D eigenvalue weighted by molar-refractivity contribution is 5.69. The number of piperidine rings is 1. The molecule has 0 amide bonds. The van der Waals surface area contributed by atoms with Crippen LogP contribution < -0.4 is 5.32 Å². The summed E-state index contributed by atoms with van der Waals surface area (Å²) in [6.45, 7) is 2.07. The first kappa shape index (κ1) is 22.8. The van der Waals surface area contributed by atoms with E-state index >= 15 is 0 Å². The Bertz CT molecular complexity index is 1360. The topological polar surface area (TPSA) is 66.5 Å². The van der Waals surface area contributed by atoms with Gasteiger partial charge in [0.25, 0.3) is 0 Å². The molecule has 35 heavy (non-hydrogen) atoms. The van der Waals surface area contributed by atoms with E-state index in [1.165, 1.54) is 22.4 Å². The molecule has 0 bridgehead atoms. The number of nitrogens with zero attached hydrogens (tertiary/aromatic N) is 4. The first-order valence-corrected chi connectivity index (χ1v) is 11.4. The molecule has 8 heteroatoms. The minimum absolute atomic E-state index is 0.439. The number of nitriles is 1. The lowest BCUT2D eigenvalue weighted by Crippen LogP contribution is -2.26. The number of nitrogens with one attached hydrogen (secondary N) is 1. The molecular formula is C27H22F3N5. The summed E-state index contributed by atoms with van der Waals surface area (Å²) >= 11 is 0. The van der Waals surface area contributed by atoms with Crippen molar-refractivity contribution in [1.29, 1.82) is 5.26 Å². The van der Waals surface area contributed by atoms with Gasteiger partial charge >= 0.3 is 6.18 Å². The standard InChI is InChI=1S/C27H22F3N5/c28-27(29,30)24-7-5-22(6-8-24)26-17-35(34-33-26)25-14-18(16-31)13-23(15-25)20-3-1-19(2-4-20)21-9-11-32-12-10-21/h1-8,13-15,17,21,32H,9-12H2. The van der Waals surface area contributed by atoms with Crippen LogP contribution >= 0.6 is 0 Å². The van der Waals surface area contributed by atoms with Gasteiger partial charge in [-0.15, -0.1) is 5.10 Å². The van der Waals surface area contributed by atoms with Crippen LogP contribution in [0.25, 0.3) is 28.1 Å². The Morgan fingerprint density at radius 2 is 1.57 bits per heavy atom. The van der Waals surface area contributed by atoms with E-state index < -0.39 is 11.7 Å². The predicted molar refractivity (Wildman–Crippen MR) is 127 cm³/mol. The molecule has 1 fully saturated rings. The van der Waals surface area contributed by atoms with E-state index in [2.05, 4.69) is 46.0 Å². The van der Waals surface area contributed by atoms with Crippen molar-refractivity contribution < 1.29 is 13.2 Å². The Morgan fingerprint density at radius 3 is 2.23 bits per heavy atom. The Labute approximate surface area is 200 Å². The van der Waals surface area contributed by atoms with Crippen molar-refractivity contribution in [3.05, 3.63) is 89.6 Å². The van der Waals surface area contributed by atoms with Crippen LogP contribution in [-0.4, -0.2) is 28.1 Å². The zero-order valence-electron chi connectivity index (χ0n) is 18.8. The van der Waals surface area contributed by atoms with E-state index in [-0.39, 0.29) is 0 Å². The third-order valence-electron chi connectivity index (χ3n) is 6.37. The number of benzene rings is 3. The molecule has 0 spiro atoms. The normalized spacial score (nSPS) is 14.6. The summed E-state index contributed by atoms with van der Waals surface area (Å²) in [5.41, 5.74) is 4.56. The van der Waals surface area contributed by atoms with Crippen molar-refractivity contribution in [3.63, 3.8) is 0 Å². The van der Waals surface area contributed by atoms with E-state index in [9.17, 15) is 18.4 Å². The summed E-state index contributed by atoms with van der Waals surface area (Å²) in [7, 11) is 0. The molecule has 1 aliphatic rings. The number of aromatic nitrogens is 3.